The molecule has 0 aromatic heterocycles. The van der Waals surface area contributed by atoms with Gasteiger partial charge in [0.2, 0.25) is 0 Å². The Bertz CT molecular complexity index is 327. The van der Waals surface area contributed by atoms with Gasteiger partial charge in [-0.25, -0.2) is 0 Å². The van der Waals surface area contributed by atoms with Gasteiger partial charge < -0.3 is 5.32 Å². The van der Waals surface area contributed by atoms with E-state index in [9.17, 15) is 13.2 Å². The van der Waals surface area contributed by atoms with Crippen LogP contribution in [0.1, 0.15) is 17.2 Å². The molecule has 1 N–H and O–H groups in total. The minimum Gasteiger partial charge on any atom is -0.310 e. The average molecular weight is 215 g/mol. The first-order valence-electron chi connectivity index (χ1n) is 4.46. The van der Waals surface area contributed by atoms with Gasteiger partial charge in [-0.2, -0.15) is 13.2 Å². The van der Waals surface area contributed by atoms with Crippen LogP contribution in [0, 0.1) is 0 Å². The standard InChI is InChI=1S/C11H12F3N/c1-3-10(15-2)8-4-6-9(7-5-8)11(12,13)14/h3-7,10,15H,1H2,2H3. The number of halogens is 3. The van der Waals surface area contributed by atoms with Gasteiger partial charge in [0.25, 0.3) is 0 Å². The molecule has 1 nitrogen and oxygen atoms in total. The lowest BCUT2D eigenvalue weighted by atomic mass is 10.0. The fraction of sp³-hybridized carbons (Fsp3) is 0.273. The van der Waals surface area contributed by atoms with E-state index in [4.69, 9.17) is 0 Å². The first-order valence-corrected chi connectivity index (χ1v) is 4.46. The van der Waals surface area contributed by atoms with Crippen LogP contribution < -0.4 is 5.32 Å². The zero-order valence-electron chi connectivity index (χ0n) is 8.31. The highest BCUT2D eigenvalue weighted by molar-refractivity contribution is 5.28. The van der Waals surface area contributed by atoms with Crippen LogP contribution in [0.2, 0.25) is 0 Å². The summed E-state index contributed by atoms with van der Waals surface area (Å²) in [6.07, 6.45) is -2.63. The van der Waals surface area contributed by atoms with E-state index in [0.29, 0.717) is 0 Å². The van der Waals surface area contributed by atoms with Gasteiger partial charge >= 0.3 is 6.18 Å². The molecule has 1 rings (SSSR count). The normalized spacial score (nSPS) is 13.6. The van der Waals surface area contributed by atoms with Crippen molar-refractivity contribution in [2.24, 2.45) is 0 Å². The molecule has 0 amide bonds. The van der Waals surface area contributed by atoms with Crippen molar-refractivity contribution in [2.75, 3.05) is 7.05 Å². The maximum absolute atomic E-state index is 12.2. The van der Waals surface area contributed by atoms with Crippen LogP contribution in [0.3, 0.4) is 0 Å². The van der Waals surface area contributed by atoms with E-state index in [2.05, 4.69) is 11.9 Å². The zero-order valence-corrected chi connectivity index (χ0v) is 8.31. The molecule has 1 unspecified atom stereocenters. The highest BCUT2D eigenvalue weighted by Crippen LogP contribution is 2.29. The minimum absolute atomic E-state index is 0.118. The second kappa shape index (κ2) is 4.49. The highest BCUT2D eigenvalue weighted by Gasteiger charge is 2.30. The molecule has 1 aromatic carbocycles. The van der Waals surface area contributed by atoms with Crippen molar-refractivity contribution in [1.82, 2.24) is 5.32 Å². The van der Waals surface area contributed by atoms with Gasteiger partial charge in [0.1, 0.15) is 0 Å². The van der Waals surface area contributed by atoms with E-state index in [1.165, 1.54) is 12.1 Å². The molecule has 0 fully saturated rings. The Hall–Kier alpha value is -1.29. The van der Waals surface area contributed by atoms with Crippen molar-refractivity contribution in [3.05, 3.63) is 48.0 Å². The Labute approximate surface area is 86.6 Å². The fourth-order valence-corrected chi connectivity index (χ4v) is 1.30. The van der Waals surface area contributed by atoms with E-state index in [-0.39, 0.29) is 6.04 Å². The van der Waals surface area contributed by atoms with Gasteiger partial charge in [-0.1, -0.05) is 18.2 Å². The second-order valence-electron chi connectivity index (χ2n) is 3.12. The molecule has 82 valence electrons. The van der Waals surface area contributed by atoms with Crippen molar-refractivity contribution in [3.63, 3.8) is 0 Å². The number of rotatable bonds is 3. The number of hydrogen-bond acceptors (Lipinski definition) is 1. The monoisotopic (exact) mass is 215 g/mol. The summed E-state index contributed by atoms with van der Waals surface area (Å²) in [5, 5.41) is 2.93. The summed E-state index contributed by atoms with van der Waals surface area (Å²) >= 11 is 0. The Morgan fingerprint density at radius 2 is 1.80 bits per heavy atom. The Morgan fingerprint density at radius 1 is 1.27 bits per heavy atom. The SMILES string of the molecule is C=CC(NC)c1ccc(C(F)(F)F)cc1. The maximum Gasteiger partial charge on any atom is 0.416 e. The summed E-state index contributed by atoms with van der Waals surface area (Å²) < 4.78 is 36.7. The third kappa shape index (κ3) is 2.83. The van der Waals surface area contributed by atoms with E-state index in [1.54, 1.807) is 13.1 Å². The van der Waals surface area contributed by atoms with Gasteiger partial charge in [-0.05, 0) is 24.7 Å². The first kappa shape index (κ1) is 11.8. The topological polar surface area (TPSA) is 12.0 Å². The molecule has 0 spiro atoms. The van der Waals surface area contributed by atoms with Gasteiger partial charge in [-0.3, -0.25) is 0 Å². The van der Waals surface area contributed by atoms with Gasteiger partial charge in [-0.15, -0.1) is 6.58 Å². The molecule has 0 aliphatic heterocycles. The second-order valence-corrected chi connectivity index (χ2v) is 3.12. The number of likely N-dealkylation sites (N-methyl/N-ethyl adjacent to an activating group) is 1. The smallest absolute Gasteiger partial charge is 0.310 e. The molecule has 0 aliphatic rings. The van der Waals surface area contributed by atoms with Crippen molar-refractivity contribution in [3.8, 4) is 0 Å². The van der Waals surface area contributed by atoms with Crippen molar-refractivity contribution >= 4 is 0 Å². The van der Waals surface area contributed by atoms with Crippen LogP contribution >= 0.6 is 0 Å². The molecule has 0 radical (unpaired) electrons. The number of hydrogen-bond donors (Lipinski definition) is 1. The summed E-state index contributed by atoms with van der Waals surface area (Å²) in [4.78, 5) is 0. The molecule has 15 heavy (non-hydrogen) atoms. The quantitative estimate of drug-likeness (QED) is 0.764. The largest absolute Gasteiger partial charge is 0.416 e. The van der Waals surface area contributed by atoms with Crippen LogP contribution in [0.25, 0.3) is 0 Å². The molecular formula is C11H12F3N. The summed E-state index contributed by atoms with van der Waals surface area (Å²) in [7, 11) is 1.73. The molecule has 1 atom stereocenters. The lowest BCUT2D eigenvalue weighted by Gasteiger charge is -2.13. The van der Waals surface area contributed by atoms with Crippen LogP contribution in [0.15, 0.2) is 36.9 Å². The van der Waals surface area contributed by atoms with Crippen molar-refractivity contribution in [1.29, 1.82) is 0 Å². The molecule has 0 aliphatic carbocycles. The van der Waals surface area contributed by atoms with Gasteiger partial charge in [0, 0.05) is 0 Å². The highest BCUT2D eigenvalue weighted by atomic mass is 19.4. The van der Waals surface area contributed by atoms with Gasteiger partial charge in [0.05, 0.1) is 11.6 Å². The average Bonchev–Trinajstić information content (AvgIpc) is 2.19. The lowest BCUT2D eigenvalue weighted by Crippen LogP contribution is -2.14. The van der Waals surface area contributed by atoms with Crippen LogP contribution in [-0.4, -0.2) is 7.05 Å². The third-order valence-corrected chi connectivity index (χ3v) is 2.14. The lowest BCUT2D eigenvalue weighted by molar-refractivity contribution is -0.137. The Morgan fingerprint density at radius 3 is 2.13 bits per heavy atom. The number of benzene rings is 1. The molecule has 0 heterocycles. The Balaban J connectivity index is 2.94. The fourth-order valence-electron chi connectivity index (χ4n) is 1.30. The van der Waals surface area contributed by atoms with E-state index in [1.807, 2.05) is 0 Å². The van der Waals surface area contributed by atoms with E-state index < -0.39 is 11.7 Å². The predicted molar refractivity (Wildman–Crippen MR) is 53.4 cm³/mol. The predicted octanol–water partition coefficient (Wildman–Crippen LogP) is 3.15. The van der Waals surface area contributed by atoms with Crippen LogP contribution in [-0.2, 0) is 6.18 Å². The Kier molecular flexibility index (Phi) is 3.52. The first-order chi connectivity index (χ1) is 6.99. The van der Waals surface area contributed by atoms with Crippen LogP contribution in [0.5, 0.6) is 0 Å². The zero-order chi connectivity index (χ0) is 11.5. The molecule has 0 saturated heterocycles. The molecular weight excluding hydrogens is 203 g/mol. The van der Waals surface area contributed by atoms with Crippen LogP contribution in [0.4, 0.5) is 13.2 Å². The van der Waals surface area contributed by atoms with Gasteiger partial charge in [0.15, 0.2) is 0 Å². The number of alkyl halides is 3. The van der Waals surface area contributed by atoms with E-state index in [0.717, 1.165) is 17.7 Å². The maximum atomic E-state index is 12.2. The summed E-state index contributed by atoms with van der Waals surface area (Å²) in [6, 6.07) is 4.93. The van der Waals surface area contributed by atoms with E-state index >= 15 is 0 Å². The molecule has 0 bridgehead atoms. The number of nitrogens with one attached hydrogen (secondary N) is 1. The molecule has 0 saturated carbocycles. The summed E-state index contributed by atoms with van der Waals surface area (Å²) in [5.41, 5.74) is 0.130. The van der Waals surface area contributed by atoms with Crippen molar-refractivity contribution < 1.29 is 13.2 Å². The summed E-state index contributed by atoms with van der Waals surface area (Å²) in [5.74, 6) is 0. The minimum atomic E-state index is -4.28. The molecule has 1 aromatic rings. The van der Waals surface area contributed by atoms with Crippen molar-refractivity contribution in [2.45, 2.75) is 12.2 Å². The third-order valence-electron chi connectivity index (χ3n) is 2.14. The molecule has 4 heteroatoms. The summed E-state index contributed by atoms with van der Waals surface area (Å²) in [6.45, 7) is 3.59.